The fourth-order valence-corrected chi connectivity index (χ4v) is 4.19. The standard InChI is InChI=1S/C19H14FN3O3S2/c20-12-3-5-13(6-4-12)23-18(25)17-15(7-9-27-17)22-19(23)28-11-16(24)21-10-14-2-1-8-26-14/h1-9H,10-11H2,(H,21,24). The number of aromatic nitrogens is 2. The average molecular weight is 415 g/mol. The number of rotatable bonds is 6. The van der Waals surface area contributed by atoms with Crippen LogP contribution < -0.4 is 10.9 Å². The lowest BCUT2D eigenvalue weighted by molar-refractivity contribution is -0.118. The van der Waals surface area contributed by atoms with Gasteiger partial charge in [0.25, 0.3) is 5.56 Å². The van der Waals surface area contributed by atoms with Gasteiger partial charge in [-0.15, -0.1) is 11.3 Å². The molecule has 3 heterocycles. The number of halogens is 1. The van der Waals surface area contributed by atoms with Gasteiger partial charge in [-0.05, 0) is 47.8 Å². The lowest BCUT2D eigenvalue weighted by Crippen LogP contribution is -2.26. The minimum absolute atomic E-state index is 0.0734. The molecule has 0 saturated heterocycles. The Morgan fingerprint density at radius 1 is 1.25 bits per heavy atom. The number of fused-ring (bicyclic) bond motifs is 1. The molecule has 9 heteroatoms. The van der Waals surface area contributed by atoms with Crippen LogP contribution in [0.1, 0.15) is 5.76 Å². The van der Waals surface area contributed by atoms with Crippen molar-refractivity contribution >= 4 is 39.2 Å². The summed E-state index contributed by atoms with van der Waals surface area (Å²) in [6.07, 6.45) is 1.54. The van der Waals surface area contributed by atoms with E-state index in [9.17, 15) is 14.0 Å². The molecule has 0 aliphatic rings. The number of thioether (sulfide) groups is 1. The summed E-state index contributed by atoms with van der Waals surface area (Å²) in [6.45, 7) is 0.286. The topological polar surface area (TPSA) is 77.1 Å². The van der Waals surface area contributed by atoms with Gasteiger partial charge in [-0.3, -0.25) is 14.2 Å². The third-order valence-electron chi connectivity index (χ3n) is 3.91. The van der Waals surface area contributed by atoms with Crippen LogP contribution in [0.3, 0.4) is 0 Å². The first-order valence-corrected chi connectivity index (χ1v) is 10.2. The Kier molecular flexibility index (Phi) is 5.27. The number of hydrogen-bond donors (Lipinski definition) is 1. The second-order valence-electron chi connectivity index (χ2n) is 5.79. The van der Waals surface area contributed by atoms with Gasteiger partial charge in [0, 0.05) is 0 Å². The third kappa shape index (κ3) is 3.85. The first-order chi connectivity index (χ1) is 13.6. The van der Waals surface area contributed by atoms with Gasteiger partial charge in [0.05, 0.1) is 29.8 Å². The molecule has 142 valence electrons. The number of thiophene rings is 1. The Morgan fingerprint density at radius 2 is 2.07 bits per heavy atom. The van der Waals surface area contributed by atoms with Gasteiger partial charge < -0.3 is 9.73 Å². The number of nitrogens with one attached hydrogen (secondary N) is 1. The van der Waals surface area contributed by atoms with Crippen LogP contribution in [0.5, 0.6) is 0 Å². The van der Waals surface area contributed by atoms with E-state index < -0.39 is 5.82 Å². The van der Waals surface area contributed by atoms with E-state index in [0.29, 0.717) is 26.8 Å². The molecular weight excluding hydrogens is 401 g/mol. The molecule has 6 nitrogen and oxygen atoms in total. The minimum atomic E-state index is -0.395. The van der Waals surface area contributed by atoms with E-state index >= 15 is 0 Å². The highest BCUT2D eigenvalue weighted by Gasteiger charge is 2.16. The second-order valence-corrected chi connectivity index (χ2v) is 7.65. The molecule has 4 rings (SSSR count). The van der Waals surface area contributed by atoms with Crippen LogP contribution in [0.15, 0.2) is 68.5 Å². The fourth-order valence-electron chi connectivity index (χ4n) is 2.59. The normalized spacial score (nSPS) is 11.0. The molecule has 4 aromatic rings. The lowest BCUT2D eigenvalue weighted by Gasteiger charge is -2.12. The molecule has 28 heavy (non-hydrogen) atoms. The summed E-state index contributed by atoms with van der Waals surface area (Å²) in [5.74, 6) is 0.115. The molecule has 0 bridgehead atoms. The number of hydrogen-bond acceptors (Lipinski definition) is 6. The van der Waals surface area contributed by atoms with E-state index in [2.05, 4.69) is 10.3 Å². The Hall–Kier alpha value is -2.91. The number of carbonyl (C=O) groups excluding carboxylic acids is 1. The largest absolute Gasteiger partial charge is 0.467 e. The number of benzene rings is 1. The Balaban J connectivity index is 1.60. The summed E-state index contributed by atoms with van der Waals surface area (Å²) in [7, 11) is 0. The molecule has 1 amide bonds. The van der Waals surface area contributed by atoms with Crippen LogP contribution >= 0.6 is 23.1 Å². The first-order valence-electron chi connectivity index (χ1n) is 8.30. The van der Waals surface area contributed by atoms with Crippen molar-refractivity contribution in [2.24, 2.45) is 0 Å². The van der Waals surface area contributed by atoms with E-state index in [1.54, 1.807) is 23.6 Å². The van der Waals surface area contributed by atoms with Gasteiger partial charge in [0.15, 0.2) is 5.16 Å². The molecule has 0 unspecified atom stereocenters. The van der Waals surface area contributed by atoms with Crippen molar-refractivity contribution in [2.75, 3.05) is 5.75 Å². The Morgan fingerprint density at radius 3 is 2.82 bits per heavy atom. The summed E-state index contributed by atoms with van der Waals surface area (Å²) in [5.41, 5.74) is 0.824. The molecule has 0 spiro atoms. The van der Waals surface area contributed by atoms with E-state index in [0.717, 1.165) is 11.8 Å². The molecule has 0 atom stereocenters. The highest BCUT2D eigenvalue weighted by Crippen LogP contribution is 2.23. The SMILES string of the molecule is O=C(CSc1nc2ccsc2c(=O)n1-c1ccc(F)cc1)NCc1ccco1. The summed E-state index contributed by atoms with van der Waals surface area (Å²) < 4.78 is 20.4. The molecule has 1 N–H and O–H groups in total. The zero-order valence-electron chi connectivity index (χ0n) is 14.4. The summed E-state index contributed by atoms with van der Waals surface area (Å²) in [5, 5.41) is 4.91. The Bertz CT molecular complexity index is 1170. The van der Waals surface area contributed by atoms with E-state index in [1.165, 1.54) is 46.4 Å². The van der Waals surface area contributed by atoms with Gasteiger partial charge >= 0.3 is 0 Å². The van der Waals surface area contributed by atoms with Crippen molar-refractivity contribution in [3.8, 4) is 5.69 Å². The average Bonchev–Trinajstić information content (AvgIpc) is 3.37. The van der Waals surface area contributed by atoms with Gasteiger partial charge in [0.2, 0.25) is 5.91 Å². The first kappa shape index (κ1) is 18.5. The van der Waals surface area contributed by atoms with Crippen LogP contribution in [-0.2, 0) is 11.3 Å². The summed E-state index contributed by atoms with van der Waals surface area (Å²) in [4.78, 5) is 29.6. The second kappa shape index (κ2) is 7.99. The van der Waals surface area contributed by atoms with Crippen molar-refractivity contribution in [2.45, 2.75) is 11.7 Å². The fraction of sp³-hybridized carbons (Fsp3) is 0.105. The number of nitrogens with zero attached hydrogens (tertiary/aromatic N) is 2. The van der Waals surface area contributed by atoms with Gasteiger partial charge in [-0.1, -0.05) is 11.8 Å². The van der Waals surface area contributed by atoms with Crippen LogP contribution in [0, 0.1) is 5.82 Å². The predicted molar refractivity (Wildman–Crippen MR) is 106 cm³/mol. The molecule has 0 saturated carbocycles. The molecule has 0 aliphatic heterocycles. The van der Waals surface area contributed by atoms with Crippen LogP contribution in [0.25, 0.3) is 15.9 Å². The Labute approximate surface area is 167 Å². The van der Waals surface area contributed by atoms with Crippen LogP contribution in [-0.4, -0.2) is 21.2 Å². The van der Waals surface area contributed by atoms with Gasteiger partial charge in [-0.25, -0.2) is 9.37 Å². The van der Waals surface area contributed by atoms with Crippen molar-refractivity contribution in [1.82, 2.24) is 14.9 Å². The highest BCUT2D eigenvalue weighted by atomic mass is 32.2. The smallest absolute Gasteiger partial charge is 0.276 e. The highest BCUT2D eigenvalue weighted by molar-refractivity contribution is 7.99. The minimum Gasteiger partial charge on any atom is -0.467 e. The summed E-state index contributed by atoms with van der Waals surface area (Å²) in [6, 6.07) is 10.9. The predicted octanol–water partition coefficient (Wildman–Crippen LogP) is 3.59. The summed E-state index contributed by atoms with van der Waals surface area (Å²) >= 11 is 2.44. The number of furan rings is 1. The van der Waals surface area contributed by atoms with Crippen molar-refractivity contribution in [3.63, 3.8) is 0 Å². The van der Waals surface area contributed by atoms with Crippen LogP contribution in [0.2, 0.25) is 0 Å². The maximum Gasteiger partial charge on any atom is 0.276 e. The monoisotopic (exact) mass is 415 g/mol. The van der Waals surface area contributed by atoms with Gasteiger partial charge in [-0.2, -0.15) is 0 Å². The zero-order valence-corrected chi connectivity index (χ0v) is 16.1. The maximum absolute atomic E-state index is 13.3. The van der Waals surface area contributed by atoms with Gasteiger partial charge in [0.1, 0.15) is 16.3 Å². The van der Waals surface area contributed by atoms with E-state index in [-0.39, 0.29) is 23.8 Å². The molecule has 0 radical (unpaired) electrons. The molecule has 0 fully saturated rings. The van der Waals surface area contributed by atoms with E-state index in [4.69, 9.17) is 4.42 Å². The molecule has 3 aromatic heterocycles. The number of carbonyl (C=O) groups is 1. The molecular formula is C19H14FN3O3S2. The lowest BCUT2D eigenvalue weighted by atomic mass is 10.3. The molecule has 0 aliphatic carbocycles. The maximum atomic E-state index is 13.3. The third-order valence-corrected chi connectivity index (χ3v) is 5.74. The van der Waals surface area contributed by atoms with E-state index in [1.807, 2.05) is 0 Å². The van der Waals surface area contributed by atoms with Crippen molar-refractivity contribution in [1.29, 1.82) is 0 Å². The van der Waals surface area contributed by atoms with Crippen molar-refractivity contribution < 1.29 is 13.6 Å². The quantitative estimate of drug-likeness (QED) is 0.385. The van der Waals surface area contributed by atoms with Crippen molar-refractivity contribution in [3.05, 3.63) is 76.0 Å². The number of amides is 1. The van der Waals surface area contributed by atoms with Crippen LogP contribution in [0.4, 0.5) is 4.39 Å². The molecule has 1 aromatic carbocycles. The zero-order chi connectivity index (χ0) is 19.5.